The van der Waals surface area contributed by atoms with E-state index < -0.39 is 0 Å². The molecular formula is C17H15N5O. The van der Waals surface area contributed by atoms with Crippen molar-refractivity contribution in [2.45, 2.75) is 13.8 Å². The van der Waals surface area contributed by atoms with Crippen molar-refractivity contribution in [2.24, 2.45) is 0 Å². The van der Waals surface area contributed by atoms with Crippen LogP contribution in [0.1, 0.15) is 11.3 Å². The number of fused-ring (bicyclic) bond motifs is 3. The van der Waals surface area contributed by atoms with E-state index in [0.717, 1.165) is 44.8 Å². The van der Waals surface area contributed by atoms with Gasteiger partial charge in [-0.25, -0.2) is 4.98 Å². The zero-order chi connectivity index (χ0) is 16.0. The molecule has 4 rings (SSSR count). The molecule has 0 atom stereocenters. The molecule has 23 heavy (non-hydrogen) atoms. The zero-order valence-corrected chi connectivity index (χ0v) is 13.1. The average Bonchev–Trinajstić information content (AvgIpc) is 3.06. The van der Waals surface area contributed by atoms with Gasteiger partial charge in [0.25, 0.3) is 0 Å². The first-order valence-corrected chi connectivity index (χ1v) is 7.28. The van der Waals surface area contributed by atoms with Gasteiger partial charge in [0.05, 0.1) is 23.8 Å². The van der Waals surface area contributed by atoms with Crippen LogP contribution in [0.25, 0.3) is 27.8 Å². The van der Waals surface area contributed by atoms with Crippen LogP contribution in [0.15, 0.2) is 36.9 Å². The van der Waals surface area contributed by atoms with Crippen LogP contribution in [0.5, 0.6) is 5.75 Å². The normalized spacial score (nSPS) is 11.3. The number of rotatable bonds is 2. The van der Waals surface area contributed by atoms with Crippen molar-refractivity contribution in [2.75, 3.05) is 7.11 Å². The number of hydrogen-bond acceptors (Lipinski definition) is 5. The standard InChI is InChI=1S/C17H15N5O/c1-10-4-5-18-8-14(10)13-6-12(23-3)7-15-16(13)20-11(2)17-21-19-9-22(15)17/h4-9H,1-3H3. The Bertz CT molecular complexity index is 1040. The Labute approximate surface area is 132 Å². The molecule has 3 aromatic heterocycles. The van der Waals surface area contributed by atoms with Crippen molar-refractivity contribution < 1.29 is 4.74 Å². The van der Waals surface area contributed by atoms with Gasteiger partial charge in [0, 0.05) is 29.6 Å². The second-order valence-corrected chi connectivity index (χ2v) is 5.46. The van der Waals surface area contributed by atoms with Gasteiger partial charge in [0.2, 0.25) is 0 Å². The molecule has 0 fully saturated rings. The SMILES string of the molecule is COc1cc(-c2cnccc2C)c2nc(C)c3nncn3c2c1. The summed E-state index contributed by atoms with van der Waals surface area (Å²) in [6, 6.07) is 5.94. The molecule has 0 spiro atoms. The predicted molar refractivity (Wildman–Crippen MR) is 87.5 cm³/mol. The Kier molecular flexibility index (Phi) is 2.97. The van der Waals surface area contributed by atoms with Crippen molar-refractivity contribution in [1.29, 1.82) is 0 Å². The lowest BCUT2D eigenvalue weighted by atomic mass is 10.0. The van der Waals surface area contributed by atoms with Crippen LogP contribution >= 0.6 is 0 Å². The van der Waals surface area contributed by atoms with Gasteiger partial charge in [-0.1, -0.05) is 0 Å². The van der Waals surface area contributed by atoms with Crippen LogP contribution < -0.4 is 4.74 Å². The number of aromatic nitrogens is 5. The third-order valence-electron chi connectivity index (χ3n) is 4.04. The van der Waals surface area contributed by atoms with Gasteiger partial charge in [-0.3, -0.25) is 9.38 Å². The monoisotopic (exact) mass is 305 g/mol. The molecule has 0 saturated carbocycles. The molecule has 6 heteroatoms. The zero-order valence-electron chi connectivity index (χ0n) is 13.1. The summed E-state index contributed by atoms with van der Waals surface area (Å²) in [5.41, 5.74) is 6.54. The van der Waals surface area contributed by atoms with E-state index in [0.29, 0.717) is 0 Å². The molecule has 0 aliphatic carbocycles. The summed E-state index contributed by atoms with van der Waals surface area (Å²) in [5, 5.41) is 8.15. The number of nitrogens with zero attached hydrogens (tertiary/aromatic N) is 5. The Morgan fingerprint density at radius 1 is 1.13 bits per heavy atom. The van der Waals surface area contributed by atoms with Crippen LogP contribution in [0.4, 0.5) is 0 Å². The van der Waals surface area contributed by atoms with Crippen molar-refractivity contribution >= 4 is 16.7 Å². The largest absolute Gasteiger partial charge is 0.497 e. The Hall–Kier alpha value is -3.02. The molecular weight excluding hydrogens is 290 g/mol. The molecule has 6 nitrogen and oxygen atoms in total. The molecule has 0 bridgehead atoms. The lowest BCUT2D eigenvalue weighted by molar-refractivity contribution is 0.415. The number of ether oxygens (including phenoxy) is 1. The van der Waals surface area contributed by atoms with E-state index in [1.54, 1.807) is 19.6 Å². The number of methoxy groups -OCH3 is 1. The minimum absolute atomic E-state index is 0.750. The minimum Gasteiger partial charge on any atom is -0.497 e. The maximum absolute atomic E-state index is 5.48. The second kappa shape index (κ2) is 5.01. The fourth-order valence-corrected chi connectivity index (χ4v) is 2.84. The van der Waals surface area contributed by atoms with Gasteiger partial charge in [-0.15, -0.1) is 10.2 Å². The van der Waals surface area contributed by atoms with Crippen LogP contribution in [0, 0.1) is 13.8 Å². The fraction of sp³-hybridized carbons (Fsp3) is 0.176. The molecule has 1 aromatic carbocycles. The molecule has 0 aliphatic rings. The highest BCUT2D eigenvalue weighted by Crippen LogP contribution is 2.33. The Morgan fingerprint density at radius 3 is 2.78 bits per heavy atom. The second-order valence-electron chi connectivity index (χ2n) is 5.46. The molecule has 3 heterocycles. The van der Waals surface area contributed by atoms with Crippen molar-refractivity contribution in [1.82, 2.24) is 24.6 Å². The summed E-state index contributed by atoms with van der Waals surface area (Å²) in [5.74, 6) is 0.761. The van der Waals surface area contributed by atoms with E-state index in [2.05, 4.69) is 22.1 Å². The Balaban J connectivity index is 2.19. The molecule has 0 aliphatic heterocycles. The summed E-state index contributed by atoms with van der Waals surface area (Å²) < 4.78 is 7.42. The predicted octanol–water partition coefficient (Wildman–Crippen LogP) is 2.96. The van der Waals surface area contributed by atoms with Crippen LogP contribution in [0.2, 0.25) is 0 Å². The van der Waals surface area contributed by atoms with Crippen molar-refractivity contribution in [3.63, 3.8) is 0 Å². The van der Waals surface area contributed by atoms with Crippen molar-refractivity contribution in [3.05, 3.63) is 48.2 Å². The van der Waals surface area contributed by atoms with Gasteiger partial charge in [0.1, 0.15) is 12.1 Å². The topological polar surface area (TPSA) is 65.2 Å². The van der Waals surface area contributed by atoms with Gasteiger partial charge < -0.3 is 4.74 Å². The third kappa shape index (κ3) is 2.03. The minimum atomic E-state index is 0.750. The molecule has 0 amide bonds. The molecule has 0 unspecified atom stereocenters. The number of aryl methyl sites for hydroxylation is 2. The summed E-state index contributed by atoms with van der Waals surface area (Å²) in [6.07, 6.45) is 5.35. The van der Waals surface area contributed by atoms with E-state index >= 15 is 0 Å². The smallest absolute Gasteiger partial charge is 0.182 e. The number of pyridine rings is 1. The quantitative estimate of drug-likeness (QED) is 0.569. The first-order chi connectivity index (χ1) is 11.2. The number of benzene rings is 1. The van der Waals surface area contributed by atoms with Gasteiger partial charge in [-0.2, -0.15) is 0 Å². The summed E-state index contributed by atoms with van der Waals surface area (Å²) >= 11 is 0. The van der Waals surface area contributed by atoms with E-state index in [1.807, 2.05) is 35.7 Å². The van der Waals surface area contributed by atoms with Gasteiger partial charge in [-0.05, 0) is 31.5 Å². The van der Waals surface area contributed by atoms with Crippen LogP contribution in [-0.2, 0) is 0 Å². The summed E-state index contributed by atoms with van der Waals surface area (Å²) in [6.45, 7) is 4.00. The lowest BCUT2D eigenvalue weighted by Crippen LogP contribution is -1.98. The maximum Gasteiger partial charge on any atom is 0.182 e. The highest BCUT2D eigenvalue weighted by molar-refractivity contribution is 5.95. The maximum atomic E-state index is 5.48. The number of hydrogen-bond donors (Lipinski definition) is 0. The highest BCUT2D eigenvalue weighted by Gasteiger charge is 2.15. The van der Waals surface area contributed by atoms with Gasteiger partial charge in [0.15, 0.2) is 5.65 Å². The van der Waals surface area contributed by atoms with Gasteiger partial charge >= 0.3 is 0 Å². The summed E-state index contributed by atoms with van der Waals surface area (Å²) in [4.78, 5) is 9.02. The first kappa shape index (κ1) is 13.6. The third-order valence-corrected chi connectivity index (χ3v) is 4.04. The molecule has 0 radical (unpaired) electrons. The summed E-state index contributed by atoms with van der Waals surface area (Å²) in [7, 11) is 1.66. The van der Waals surface area contributed by atoms with Crippen molar-refractivity contribution in [3.8, 4) is 16.9 Å². The molecule has 114 valence electrons. The molecule has 0 saturated heterocycles. The molecule has 4 aromatic rings. The van der Waals surface area contributed by atoms with E-state index in [-0.39, 0.29) is 0 Å². The van der Waals surface area contributed by atoms with E-state index in [1.165, 1.54) is 0 Å². The molecule has 0 N–H and O–H groups in total. The van der Waals surface area contributed by atoms with Crippen LogP contribution in [0.3, 0.4) is 0 Å². The van der Waals surface area contributed by atoms with E-state index in [4.69, 9.17) is 9.72 Å². The van der Waals surface area contributed by atoms with E-state index in [9.17, 15) is 0 Å². The Morgan fingerprint density at radius 2 is 2.00 bits per heavy atom. The first-order valence-electron chi connectivity index (χ1n) is 7.28. The highest BCUT2D eigenvalue weighted by atomic mass is 16.5. The lowest BCUT2D eigenvalue weighted by Gasteiger charge is -2.13. The van der Waals surface area contributed by atoms with Crippen LogP contribution in [-0.4, -0.2) is 31.7 Å². The fourth-order valence-electron chi connectivity index (χ4n) is 2.84. The average molecular weight is 305 g/mol.